The van der Waals surface area contributed by atoms with Gasteiger partial charge in [-0.25, -0.2) is 4.98 Å². The van der Waals surface area contributed by atoms with Crippen LogP contribution in [0.25, 0.3) is 0 Å². The number of hydrogen-bond acceptors (Lipinski definition) is 4. The van der Waals surface area contributed by atoms with Crippen LogP contribution in [0.5, 0.6) is 5.75 Å². The topological polar surface area (TPSA) is 51.2 Å². The second kappa shape index (κ2) is 6.67. The molecule has 1 amide bonds. The van der Waals surface area contributed by atoms with Crippen LogP contribution >= 0.6 is 22.9 Å². The van der Waals surface area contributed by atoms with Gasteiger partial charge >= 0.3 is 0 Å². The summed E-state index contributed by atoms with van der Waals surface area (Å²) in [6, 6.07) is 6.95. The number of aromatic nitrogens is 1. The average molecular weight is 337 g/mol. The molecule has 1 aromatic heterocycles. The van der Waals surface area contributed by atoms with E-state index in [9.17, 15) is 4.79 Å². The van der Waals surface area contributed by atoms with Crippen molar-refractivity contribution in [2.45, 2.75) is 38.7 Å². The number of nitrogens with zero attached hydrogens (tertiary/aromatic N) is 1. The molecule has 2 aromatic rings. The minimum absolute atomic E-state index is 0.193. The van der Waals surface area contributed by atoms with Gasteiger partial charge in [0.1, 0.15) is 5.75 Å². The van der Waals surface area contributed by atoms with Gasteiger partial charge in [0.2, 0.25) is 0 Å². The molecule has 6 heteroatoms. The lowest BCUT2D eigenvalue weighted by atomic mass is 10.0. The van der Waals surface area contributed by atoms with E-state index in [1.54, 1.807) is 42.5 Å². The highest BCUT2D eigenvalue weighted by atomic mass is 35.5. The van der Waals surface area contributed by atoms with Crippen molar-refractivity contribution in [3.8, 4) is 5.75 Å². The summed E-state index contributed by atoms with van der Waals surface area (Å²) in [5, 5.41) is 4.15. The molecular weight excluding hydrogens is 320 g/mol. The Bertz CT molecular complexity index is 646. The molecule has 1 aromatic carbocycles. The standard InChI is InChI=1S/C16H17ClN2O2S/c1-10(21-12-8-6-11(17)7-9-12)15(20)19-16-18-13-4-2-3-5-14(13)22-16/h6-10H,2-5H2,1H3,(H,18,19,20)/t10-/m0/s1. The maximum atomic E-state index is 12.2. The van der Waals surface area contributed by atoms with Crippen molar-refractivity contribution in [2.24, 2.45) is 0 Å². The molecule has 4 nitrogen and oxygen atoms in total. The lowest BCUT2D eigenvalue weighted by Crippen LogP contribution is -2.30. The van der Waals surface area contributed by atoms with Crippen molar-refractivity contribution < 1.29 is 9.53 Å². The molecule has 1 aliphatic rings. The van der Waals surface area contributed by atoms with Gasteiger partial charge in [-0.15, -0.1) is 11.3 Å². The summed E-state index contributed by atoms with van der Waals surface area (Å²) in [6.45, 7) is 1.72. The Morgan fingerprint density at radius 1 is 1.32 bits per heavy atom. The minimum Gasteiger partial charge on any atom is -0.481 e. The number of nitrogens with one attached hydrogen (secondary N) is 1. The minimum atomic E-state index is -0.595. The molecule has 3 rings (SSSR count). The summed E-state index contributed by atoms with van der Waals surface area (Å²) < 4.78 is 5.61. The van der Waals surface area contributed by atoms with Gasteiger partial charge in [-0.1, -0.05) is 11.6 Å². The van der Waals surface area contributed by atoms with Gasteiger partial charge in [-0.05, 0) is 56.9 Å². The number of anilines is 1. The van der Waals surface area contributed by atoms with Crippen LogP contribution in [0.1, 0.15) is 30.3 Å². The summed E-state index contributed by atoms with van der Waals surface area (Å²) in [4.78, 5) is 18.0. The molecule has 0 saturated heterocycles. The van der Waals surface area contributed by atoms with Gasteiger partial charge in [0, 0.05) is 9.90 Å². The van der Waals surface area contributed by atoms with Crippen molar-refractivity contribution in [1.82, 2.24) is 4.98 Å². The predicted molar refractivity (Wildman–Crippen MR) is 88.9 cm³/mol. The highest BCUT2D eigenvalue weighted by Gasteiger charge is 2.19. The van der Waals surface area contributed by atoms with Gasteiger partial charge in [0.05, 0.1) is 5.69 Å². The fourth-order valence-electron chi connectivity index (χ4n) is 2.38. The number of halogens is 1. The second-order valence-electron chi connectivity index (χ2n) is 5.30. The number of thiazole rings is 1. The van der Waals surface area contributed by atoms with Crippen molar-refractivity contribution >= 4 is 34.0 Å². The van der Waals surface area contributed by atoms with Crippen molar-refractivity contribution in [1.29, 1.82) is 0 Å². The fourth-order valence-corrected chi connectivity index (χ4v) is 3.56. The summed E-state index contributed by atoms with van der Waals surface area (Å²) in [7, 11) is 0. The van der Waals surface area contributed by atoms with E-state index in [-0.39, 0.29) is 5.91 Å². The summed E-state index contributed by atoms with van der Waals surface area (Å²) in [6.07, 6.45) is 3.87. The quantitative estimate of drug-likeness (QED) is 0.915. The third-order valence-electron chi connectivity index (χ3n) is 3.57. The lowest BCUT2D eigenvalue weighted by Gasteiger charge is -2.13. The Hall–Kier alpha value is -1.59. The first-order valence-electron chi connectivity index (χ1n) is 7.33. The van der Waals surface area contributed by atoms with Gasteiger partial charge in [-0.2, -0.15) is 0 Å². The molecule has 22 heavy (non-hydrogen) atoms. The van der Waals surface area contributed by atoms with E-state index >= 15 is 0 Å². The monoisotopic (exact) mass is 336 g/mol. The molecule has 0 spiro atoms. The van der Waals surface area contributed by atoms with E-state index in [1.807, 2.05) is 0 Å². The number of aryl methyl sites for hydroxylation is 2. The zero-order valence-electron chi connectivity index (χ0n) is 12.3. The predicted octanol–water partition coefficient (Wildman–Crippen LogP) is 4.08. The molecule has 0 unspecified atom stereocenters. The average Bonchev–Trinajstić information content (AvgIpc) is 2.91. The van der Waals surface area contributed by atoms with Crippen molar-refractivity contribution in [3.63, 3.8) is 0 Å². The van der Waals surface area contributed by atoms with Crippen LogP contribution in [0.4, 0.5) is 5.13 Å². The van der Waals surface area contributed by atoms with E-state index < -0.39 is 6.10 Å². The third-order valence-corrected chi connectivity index (χ3v) is 4.90. The summed E-state index contributed by atoms with van der Waals surface area (Å²) >= 11 is 7.40. The summed E-state index contributed by atoms with van der Waals surface area (Å²) in [5.41, 5.74) is 1.14. The smallest absolute Gasteiger partial charge is 0.266 e. The molecule has 0 aliphatic heterocycles. The van der Waals surface area contributed by atoms with E-state index in [0.29, 0.717) is 15.9 Å². The van der Waals surface area contributed by atoms with E-state index in [2.05, 4.69) is 10.3 Å². The Morgan fingerprint density at radius 2 is 2.05 bits per heavy atom. The Balaban J connectivity index is 1.61. The highest BCUT2D eigenvalue weighted by Crippen LogP contribution is 2.29. The molecule has 116 valence electrons. The van der Waals surface area contributed by atoms with Crippen LogP contribution in [0, 0.1) is 0 Å². The first kappa shape index (κ1) is 15.3. The second-order valence-corrected chi connectivity index (χ2v) is 6.82. The number of benzene rings is 1. The number of amides is 1. The van der Waals surface area contributed by atoms with Crippen molar-refractivity contribution in [3.05, 3.63) is 39.9 Å². The number of rotatable bonds is 4. The molecule has 0 saturated carbocycles. The number of carbonyl (C=O) groups is 1. The molecule has 1 atom stereocenters. The normalized spacial score (nSPS) is 15.0. The van der Waals surface area contributed by atoms with Crippen LogP contribution in [-0.4, -0.2) is 17.0 Å². The highest BCUT2D eigenvalue weighted by molar-refractivity contribution is 7.15. The largest absolute Gasteiger partial charge is 0.481 e. The first-order valence-corrected chi connectivity index (χ1v) is 8.53. The Kier molecular flexibility index (Phi) is 4.64. The van der Waals surface area contributed by atoms with Crippen LogP contribution < -0.4 is 10.1 Å². The van der Waals surface area contributed by atoms with Crippen LogP contribution in [-0.2, 0) is 17.6 Å². The molecule has 1 heterocycles. The lowest BCUT2D eigenvalue weighted by molar-refractivity contribution is -0.122. The van der Waals surface area contributed by atoms with E-state index in [4.69, 9.17) is 16.3 Å². The van der Waals surface area contributed by atoms with Gasteiger partial charge in [0.15, 0.2) is 11.2 Å². The molecule has 1 aliphatic carbocycles. The maximum Gasteiger partial charge on any atom is 0.266 e. The van der Waals surface area contributed by atoms with Crippen LogP contribution in [0.2, 0.25) is 5.02 Å². The molecular formula is C16H17ClN2O2S. The molecule has 0 fully saturated rings. The zero-order chi connectivity index (χ0) is 15.5. The fraction of sp³-hybridized carbons (Fsp3) is 0.375. The van der Waals surface area contributed by atoms with E-state index in [1.165, 1.54) is 17.7 Å². The first-order chi connectivity index (χ1) is 10.6. The van der Waals surface area contributed by atoms with Crippen molar-refractivity contribution in [2.75, 3.05) is 5.32 Å². The summed E-state index contributed by atoms with van der Waals surface area (Å²) in [5.74, 6) is 0.423. The Morgan fingerprint density at radius 3 is 2.77 bits per heavy atom. The molecule has 0 bridgehead atoms. The van der Waals surface area contributed by atoms with Crippen LogP contribution in [0.3, 0.4) is 0 Å². The van der Waals surface area contributed by atoms with Gasteiger partial charge in [0.25, 0.3) is 5.91 Å². The maximum absolute atomic E-state index is 12.2. The van der Waals surface area contributed by atoms with E-state index in [0.717, 1.165) is 18.5 Å². The number of hydrogen-bond donors (Lipinski definition) is 1. The number of fused-ring (bicyclic) bond motifs is 1. The zero-order valence-corrected chi connectivity index (χ0v) is 13.8. The SMILES string of the molecule is C[C@H](Oc1ccc(Cl)cc1)C(=O)Nc1nc2c(s1)CCCC2. The third kappa shape index (κ3) is 3.59. The van der Waals surface area contributed by atoms with Crippen LogP contribution in [0.15, 0.2) is 24.3 Å². The van der Waals surface area contributed by atoms with Gasteiger partial charge in [-0.3, -0.25) is 10.1 Å². The molecule has 0 radical (unpaired) electrons. The number of ether oxygens (including phenoxy) is 1. The number of carbonyl (C=O) groups excluding carboxylic acids is 1. The Labute approximate surface area is 138 Å². The molecule has 1 N–H and O–H groups in total. The van der Waals surface area contributed by atoms with Gasteiger partial charge < -0.3 is 4.74 Å².